The van der Waals surface area contributed by atoms with Crippen LogP contribution < -0.4 is 0 Å². The summed E-state index contributed by atoms with van der Waals surface area (Å²) in [6.45, 7) is 4.63. The fourth-order valence-corrected chi connectivity index (χ4v) is 3.43. The fourth-order valence-electron chi connectivity index (χ4n) is 0.723. The van der Waals surface area contributed by atoms with Crippen LogP contribution in [0.15, 0.2) is 0 Å². The van der Waals surface area contributed by atoms with E-state index in [1.807, 2.05) is 0 Å². The van der Waals surface area contributed by atoms with Crippen LogP contribution in [0.1, 0.15) is 33.1 Å². The summed E-state index contributed by atoms with van der Waals surface area (Å²) in [5.41, 5.74) is 0. The van der Waals surface area contributed by atoms with Gasteiger partial charge in [-0.15, -0.1) is 0 Å². The first-order valence-corrected chi connectivity index (χ1v) is 10.6. The molecule has 52 valence electrons. The first-order valence-electron chi connectivity index (χ1n) is 3.80. The third kappa shape index (κ3) is 7.69. The van der Waals surface area contributed by atoms with Gasteiger partial charge in [0.2, 0.25) is 0 Å². The maximum atomic E-state index is 2.34. The third-order valence-corrected chi connectivity index (χ3v) is 9.16. The fraction of sp³-hybridized carbons (Fsp3) is 1.00. The molecule has 0 nitrogen and oxygen atoms in total. The first-order chi connectivity index (χ1) is 4.31. The van der Waals surface area contributed by atoms with E-state index in [1.165, 1.54) is 63.9 Å². The molecule has 0 N–H and O–H groups in total. The molecule has 0 radical (unpaired) electrons. The molecular weight excluding hydrogens is 256 g/mol. The van der Waals surface area contributed by atoms with Crippen molar-refractivity contribution < 1.29 is 38.4 Å². The van der Waals surface area contributed by atoms with Crippen LogP contribution in [-0.2, 0) is 0 Å². The van der Waals surface area contributed by atoms with Crippen LogP contribution >= 0.6 is 2.74 Å². The van der Waals surface area contributed by atoms with E-state index in [2.05, 4.69) is 13.8 Å². The van der Waals surface area contributed by atoms with Gasteiger partial charge < -0.3 is 0 Å². The maximum absolute atomic E-state index is 2.34. The van der Waals surface area contributed by atoms with Gasteiger partial charge in [0.1, 0.15) is 0 Å². The van der Waals surface area contributed by atoms with Crippen molar-refractivity contribution in [1.29, 1.82) is 0 Å². The number of unbranched alkanes of at least 4 members (excludes halogenated alkanes) is 2. The molecule has 0 heterocycles. The van der Waals surface area contributed by atoms with Gasteiger partial charge in [-0.1, -0.05) is 0 Å². The molecule has 0 rings (SSSR count). The van der Waals surface area contributed by atoms with Crippen molar-refractivity contribution in [2.24, 2.45) is 0 Å². The van der Waals surface area contributed by atoms with Crippen molar-refractivity contribution in [3.63, 3.8) is 0 Å². The number of rotatable bonds is 5. The Hall–Kier alpha value is 1.79. The predicted octanol–water partition coefficient (Wildman–Crippen LogP) is 3.14. The normalized spacial score (nSPS) is 13.4. The van der Waals surface area contributed by atoms with Crippen molar-refractivity contribution >= 4 is 2.74 Å². The number of hydrogen-bond donors (Lipinski definition) is 0. The number of hydrogen-bond acceptors (Lipinski definition) is 0. The molecule has 0 aromatic carbocycles. The third-order valence-electron chi connectivity index (χ3n) is 1.46. The van der Waals surface area contributed by atoms with Crippen molar-refractivity contribution in [3.05, 3.63) is 0 Å². The molecule has 0 saturated carbocycles. The monoisotopic (exact) mass is 272 g/mol. The average Bonchev–Trinajstić information content (AvgIpc) is 1.89. The van der Waals surface area contributed by atoms with Crippen LogP contribution in [0.5, 0.6) is 0 Å². The van der Waals surface area contributed by atoms with E-state index < -0.39 is 0 Å². The van der Waals surface area contributed by atoms with Gasteiger partial charge in [0.05, 0.1) is 0 Å². The van der Waals surface area contributed by atoms with Crippen LogP contribution in [0.25, 0.3) is 0 Å². The van der Waals surface area contributed by atoms with Gasteiger partial charge in [-0.3, -0.25) is 0 Å². The molecule has 0 aromatic rings. The zero-order valence-electron chi connectivity index (χ0n) is 6.56. The summed E-state index contributed by atoms with van der Waals surface area (Å²) in [5, 5.41) is 0. The first kappa shape index (κ1) is 10.8. The molecule has 0 aliphatic rings. The topological polar surface area (TPSA) is 0 Å². The van der Waals surface area contributed by atoms with Gasteiger partial charge in [-0.05, 0) is 0 Å². The Kier molecular flexibility index (Phi) is 9.47. The summed E-state index contributed by atoms with van der Waals surface area (Å²) in [4.78, 5) is 0. The van der Waals surface area contributed by atoms with Crippen LogP contribution in [0, 0.1) is 38.4 Å². The van der Waals surface area contributed by atoms with Crippen molar-refractivity contribution in [3.8, 4) is 0 Å². The second kappa shape index (κ2) is 7.90. The molecule has 1 unspecified atom stereocenters. The molecule has 0 fully saturated rings. The molecule has 0 spiro atoms. The van der Waals surface area contributed by atoms with Gasteiger partial charge in [0.25, 0.3) is 0 Å². The summed E-state index contributed by atoms with van der Waals surface area (Å²) < 4.78 is 0.577. The molecular formula is C7H16PPr. The van der Waals surface area contributed by atoms with Gasteiger partial charge in [0, 0.05) is 0 Å². The van der Waals surface area contributed by atoms with Crippen molar-refractivity contribution in [1.82, 2.24) is 0 Å². The second-order valence-corrected chi connectivity index (χ2v) is 11.6. The Bertz CT molecular complexity index is 56.9. The van der Waals surface area contributed by atoms with Gasteiger partial charge in [-0.2, -0.15) is 0 Å². The summed E-state index contributed by atoms with van der Waals surface area (Å²) in [6, 6.07) is 0. The Morgan fingerprint density at radius 1 is 1.22 bits per heavy atom. The summed E-state index contributed by atoms with van der Waals surface area (Å²) in [5.74, 6) is 0. The Balaban J connectivity index is 2.88. The second-order valence-electron chi connectivity index (χ2n) is 2.34. The van der Waals surface area contributed by atoms with E-state index in [1.54, 1.807) is 6.16 Å². The van der Waals surface area contributed by atoms with Gasteiger partial charge >= 0.3 is 86.6 Å². The van der Waals surface area contributed by atoms with Gasteiger partial charge in [-0.25, -0.2) is 0 Å². The van der Waals surface area contributed by atoms with Crippen molar-refractivity contribution in [2.75, 3.05) is 12.3 Å². The summed E-state index contributed by atoms with van der Waals surface area (Å²) in [6.07, 6.45) is 7.42. The van der Waals surface area contributed by atoms with Crippen LogP contribution in [0.2, 0.25) is 0 Å². The molecule has 1 atom stereocenters. The minimum absolute atomic E-state index is 0.577. The molecule has 0 aromatic heterocycles. The van der Waals surface area contributed by atoms with E-state index in [0.29, 0.717) is 2.74 Å². The molecule has 0 bridgehead atoms. The Morgan fingerprint density at radius 2 is 1.89 bits per heavy atom. The van der Waals surface area contributed by atoms with Crippen LogP contribution in [-0.4, -0.2) is 12.3 Å². The van der Waals surface area contributed by atoms with Gasteiger partial charge in [0.15, 0.2) is 0 Å². The van der Waals surface area contributed by atoms with Crippen LogP contribution in [0.4, 0.5) is 0 Å². The minimum atomic E-state index is 0.577. The van der Waals surface area contributed by atoms with E-state index >= 15 is 0 Å². The zero-order valence-corrected chi connectivity index (χ0v) is 11.2. The summed E-state index contributed by atoms with van der Waals surface area (Å²) in [7, 11) is 0. The molecule has 0 amide bonds. The SMILES string of the molecule is CCCCC[P]([Pr])CC. The van der Waals surface area contributed by atoms with E-state index in [4.69, 9.17) is 0 Å². The predicted molar refractivity (Wildman–Crippen MR) is 41.9 cm³/mol. The molecule has 0 aliphatic heterocycles. The molecule has 2 heteroatoms. The molecule has 0 saturated heterocycles. The van der Waals surface area contributed by atoms with E-state index in [-0.39, 0.29) is 0 Å². The Morgan fingerprint density at radius 3 is 2.33 bits per heavy atom. The van der Waals surface area contributed by atoms with Crippen molar-refractivity contribution in [2.45, 2.75) is 33.1 Å². The standard InChI is InChI=1S/C7H16P.Pr/c1-3-5-6-7-8-4-2;/h3-7H2,1-2H3;/q-1;+1. The van der Waals surface area contributed by atoms with Crippen LogP contribution in [0.3, 0.4) is 0 Å². The summed E-state index contributed by atoms with van der Waals surface area (Å²) >= 11 is 1.28. The van der Waals surface area contributed by atoms with E-state index in [9.17, 15) is 0 Å². The zero-order chi connectivity index (χ0) is 7.11. The average molecular weight is 272 g/mol. The quantitative estimate of drug-likeness (QED) is 0.532. The Labute approximate surface area is 85.6 Å². The molecule has 0 aliphatic carbocycles. The molecule has 9 heavy (non-hydrogen) atoms. The van der Waals surface area contributed by atoms with E-state index in [0.717, 1.165) is 0 Å².